The van der Waals surface area contributed by atoms with Gasteiger partial charge in [-0.15, -0.1) is 11.3 Å². The second kappa shape index (κ2) is 11.2. The molecule has 178 valence electrons. The van der Waals surface area contributed by atoms with E-state index < -0.39 is 5.97 Å². The molecule has 0 spiro atoms. The van der Waals surface area contributed by atoms with Gasteiger partial charge in [-0.3, -0.25) is 9.69 Å². The number of piperazine rings is 1. The van der Waals surface area contributed by atoms with Crippen molar-refractivity contribution >= 4 is 33.9 Å². The van der Waals surface area contributed by atoms with E-state index in [2.05, 4.69) is 27.2 Å². The molecule has 0 unspecified atom stereocenters. The van der Waals surface area contributed by atoms with Crippen LogP contribution in [0.1, 0.15) is 17.3 Å². The molecule has 0 radical (unpaired) electrons. The van der Waals surface area contributed by atoms with Crippen LogP contribution in [0.5, 0.6) is 5.75 Å². The predicted molar refractivity (Wildman–Crippen MR) is 136 cm³/mol. The number of amides is 1. The number of carbonyl (C=O) groups excluding carboxylic acids is 2. The van der Waals surface area contributed by atoms with Crippen LogP contribution >= 0.6 is 11.3 Å². The molecule has 4 rings (SSSR count). The maximum atomic E-state index is 12.9. The molecule has 1 saturated heterocycles. The van der Waals surface area contributed by atoms with E-state index in [-0.39, 0.29) is 19.1 Å². The first kappa shape index (κ1) is 23.8. The lowest BCUT2D eigenvalue weighted by Gasteiger charge is -2.35. The molecule has 1 N–H and O–H groups in total. The number of benzene rings is 2. The van der Waals surface area contributed by atoms with E-state index >= 15 is 0 Å². The number of carbonyl (C=O) groups is 2. The van der Waals surface area contributed by atoms with Gasteiger partial charge in [0.15, 0.2) is 0 Å². The Bertz CT molecular complexity index is 1110. The number of anilines is 2. The van der Waals surface area contributed by atoms with E-state index in [1.807, 2.05) is 47.8 Å². The molecule has 7 nitrogen and oxygen atoms in total. The van der Waals surface area contributed by atoms with Crippen LogP contribution in [0.15, 0.2) is 60.0 Å². The highest BCUT2D eigenvalue weighted by Gasteiger charge is 2.24. The Balaban J connectivity index is 1.38. The van der Waals surface area contributed by atoms with Crippen molar-refractivity contribution in [3.63, 3.8) is 0 Å². The maximum absolute atomic E-state index is 12.9. The first-order valence-electron chi connectivity index (χ1n) is 11.3. The summed E-state index contributed by atoms with van der Waals surface area (Å²) in [6.45, 7) is 5.56. The number of nitrogens with one attached hydrogen (secondary N) is 1. The van der Waals surface area contributed by atoms with E-state index in [0.717, 1.165) is 48.7 Å². The minimum Gasteiger partial charge on any atom is -0.497 e. The minimum absolute atomic E-state index is 0.134. The van der Waals surface area contributed by atoms with Gasteiger partial charge in [-0.25, -0.2) is 4.79 Å². The predicted octanol–water partition coefficient (Wildman–Crippen LogP) is 4.36. The maximum Gasteiger partial charge on any atom is 0.341 e. The summed E-state index contributed by atoms with van der Waals surface area (Å²) in [5.41, 5.74) is 3.25. The van der Waals surface area contributed by atoms with Crippen molar-refractivity contribution in [1.29, 1.82) is 0 Å². The molecular formula is C26H29N3O4S. The van der Waals surface area contributed by atoms with E-state index in [9.17, 15) is 9.59 Å². The highest BCUT2D eigenvalue weighted by molar-refractivity contribution is 7.15. The molecule has 3 aromatic rings. The summed E-state index contributed by atoms with van der Waals surface area (Å²) in [6.07, 6.45) is 0. The van der Waals surface area contributed by atoms with Gasteiger partial charge in [-0.1, -0.05) is 30.3 Å². The number of hydrogen-bond donors (Lipinski definition) is 1. The van der Waals surface area contributed by atoms with Gasteiger partial charge < -0.3 is 19.7 Å². The number of rotatable bonds is 8. The van der Waals surface area contributed by atoms with E-state index in [1.165, 1.54) is 11.3 Å². The third kappa shape index (κ3) is 5.58. The third-order valence-electron chi connectivity index (χ3n) is 5.79. The fraction of sp³-hybridized carbons (Fsp3) is 0.308. The summed E-state index contributed by atoms with van der Waals surface area (Å²) in [5.74, 6) is 0.279. The number of nitrogens with zero attached hydrogens (tertiary/aromatic N) is 2. The molecule has 8 heteroatoms. The van der Waals surface area contributed by atoms with Crippen molar-refractivity contribution in [3.8, 4) is 16.9 Å². The Morgan fingerprint density at radius 3 is 2.35 bits per heavy atom. The smallest absolute Gasteiger partial charge is 0.341 e. The van der Waals surface area contributed by atoms with Crippen LogP contribution in [0.3, 0.4) is 0 Å². The van der Waals surface area contributed by atoms with E-state index in [0.29, 0.717) is 10.6 Å². The standard InChI is InChI=1S/C26H29N3O4S/c1-3-33-26(31)24-22(19-7-5-4-6-8-19)18-34-25(24)27-23(30)17-28-13-15-29(16-14-28)20-9-11-21(32-2)12-10-20/h4-12,18H,3,13-17H2,1-2H3,(H,27,30). The highest BCUT2D eigenvalue weighted by atomic mass is 32.1. The second-order valence-corrected chi connectivity index (χ2v) is 8.83. The summed E-state index contributed by atoms with van der Waals surface area (Å²) in [7, 11) is 1.66. The van der Waals surface area contributed by atoms with Crippen LogP contribution < -0.4 is 15.0 Å². The zero-order valence-electron chi connectivity index (χ0n) is 19.5. The molecule has 1 aliphatic rings. The van der Waals surface area contributed by atoms with Gasteiger partial charge in [0.05, 0.1) is 20.3 Å². The fourth-order valence-electron chi connectivity index (χ4n) is 4.01. The number of thiophene rings is 1. The number of ether oxygens (including phenoxy) is 2. The molecule has 0 aliphatic carbocycles. The second-order valence-electron chi connectivity index (χ2n) is 7.95. The van der Waals surface area contributed by atoms with E-state index in [1.54, 1.807) is 14.0 Å². The number of esters is 1. The van der Waals surface area contributed by atoms with E-state index in [4.69, 9.17) is 9.47 Å². The largest absolute Gasteiger partial charge is 0.497 e. The first-order chi connectivity index (χ1) is 16.6. The zero-order chi connectivity index (χ0) is 23.9. The van der Waals surface area contributed by atoms with Gasteiger partial charge in [0.1, 0.15) is 16.3 Å². The van der Waals surface area contributed by atoms with Crippen LogP contribution in [0, 0.1) is 0 Å². The average molecular weight is 480 g/mol. The Morgan fingerprint density at radius 2 is 1.71 bits per heavy atom. The molecular weight excluding hydrogens is 450 g/mol. The quantitative estimate of drug-likeness (QED) is 0.484. The Labute approximate surface area is 203 Å². The number of hydrogen-bond acceptors (Lipinski definition) is 7. The molecule has 2 aromatic carbocycles. The molecule has 0 saturated carbocycles. The van der Waals surface area contributed by atoms with Gasteiger partial charge in [0.25, 0.3) is 0 Å². The van der Waals surface area contributed by atoms with Crippen molar-refractivity contribution in [2.45, 2.75) is 6.92 Å². The van der Waals surface area contributed by atoms with Crippen molar-refractivity contribution in [3.05, 3.63) is 65.5 Å². The normalized spacial score (nSPS) is 14.0. The van der Waals surface area contributed by atoms with Crippen molar-refractivity contribution in [2.75, 3.05) is 56.7 Å². The third-order valence-corrected chi connectivity index (χ3v) is 6.68. The lowest BCUT2D eigenvalue weighted by Crippen LogP contribution is -2.48. The average Bonchev–Trinajstić information content (AvgIpc) is 3.28. The minimum atomic E-state index is -0.425. The fourth-order valence-corrected chi connectivity index (χ4v) is 4.99. The van der Waals surface area contributed by atoms with Crippen LogP contribution in [-0.4, -0.2) is 63.2 Å². The molecule has 1 aromatic heterocycles. The number of methoxy groups -OCH3 is 1. The van der Waals surface area contributed by atoms with Crippen molar-refractivity contribution in [2.24, 2.45) is 0 Å². The van der Waals surface area contributed by atoms with Crippen molar-refractivity contribution < 1.29 is 19.1 Å². The highest BCUT2D eigenvalue weighted by Crippen LogP contribution is 2.36. The Morgan fingerprint density at radius 1 is 1.00 bits per heavy atom. The summed E-state index contributed by atoms with van der Waals surface area (Å²) in [5, 5.41) is 5.37. The topological polar surface area (TPSA) is 71.1 Å². The van der Waals surface area contributed by atoms with Crippen molar-refractivity contribution in [1.82, 2.24) is 4.90 Å². The lowest BCUT2D eigenvalue weighted by atomic mass is 10.0. The molecule has 1 aliphatic heterocycles. The SMILES string of the molecule is CCOC(=O)c1c(-c2ccccc2)csc1NC(=O)CN1CCN(c2ccc(OC)cc2)CC1. The lowest BCUT2D eigenvalue weighted by molar-refractivity contribution is -0.117. The molecule has 0 bridgehead atoms. The summed E-state index contributed by atoms with van der Waals surface area (Å²) >= 11 is 1.35. The summed E-state index contributed by atoms with van der Waals surface area (Å²) in [4.78, 5) is 30.0. The molecule has 1 amide bonds. The first-order valence-corrected chi connectivity index (χ1v) is 12.2. The summed E-state index contributed by atoms with van der Waals surface area (Å²) < 4.78 is 10.5. The molecule has 2 heterocycles. The molecule has 1 fully saturated rings. The summed E-state index contributed by atoms with van der Waals surface area (Å²) in [6, 6.07) is 17.7. The van der Waals surface area contributed by atoms with Gasteiger partial charge in [0, 0.05) is 42.8 Å². The van der Waals surface area contributed by atoms with Gasteiger partial charge >= 0.3 is 5.97 Å². The Hall–Kier alpha value is -3.36. The van der Waals surface area contributed by atoms with Crippen LogP contribution in [-0.2, 0) is 9.53 Å². The van der Waals surface area contributed by atoms with Gasteiger partial charge in [0.2, 0.25) is 5.91 Å². The van der Waals surface area contributed by atoms with Crippen LogP contribution in [0.2, 0.25) is 0 Å². The molecule has 34 heavy (non-hydrogen) atoms. The van der Waals surface area contributed by atoms with Gasteiger partial charge in [-0.05, 0) is 36.8 Å². The van der Waals surface area contributed by atoms with Gasteiger partial charge in [-0.2, -0.15) is 0 Å². The molecule has 0 atom stereocenters. The van der Waals surface area contributed by atoms with Crippen LogP contribution in [0.4, 0.5) is 10.7 Å². The van der Waals surface area contributed by atoms with Crippen LogP contribution in [0.25, 0.3) is 11.1 Å². The zero-order valence-corrected chi connectivity index (χ0v) is 20.3. The monoisotopic (exact) mass is 479 g/mol. The Kier molecular flexibility index (Phi) is 7.82.